The number of anilines is 1. The van der Waals surface area contributed by atoms with Crippen molar-refractivity contribution in [2.75, 3.05) is 25.5 Å². The Morgan fingerprint density at radius 1 is 1.06 bits per heavy atom. The molecule has 0 spiro atoms. The fourth-order valence-electron chi connectivity index (χ4n) is 4.82. The first-order valence-corrected chi connectivity index (χ1v) is 10.8. The summed E-state index contributed by atoms with van der Waals surface area (Å²) in [7, 11) is 2.14. The number of hydrogen-bond acceptors (Lipinski definition) is 4. The number of carbonyl (C=O) groups is 2. The van der Waals surface area contributed by atoms with E-state index < -0.39 is 0 Å². The maximum Gasteiger partial charge on any atom is 0.275 e. The molecule has 6 nitrogen and oxygen atoms in total. The van der Waals surface area contributed by atoms with E-state index in [1.165, 1.54) is 0 Å². The van der Waals surface area contributed by atoms with E-state index in [1.807, 2.05) is 48.5 Å². The summed E-state index contributed by atoms with van der Waals surface area (Å²) in [6.07, 6.45) is 0.887. The first-order valence-electron chi connectivity index (χ1n) is 10.8. The standard InChI is InChI=1S/C25H26N4O2/c1-3-28(2)14-16-13-20-21(18-11-7-8-12-19(18)29(20)15-16)22-23(25(31)27-24(22)30)26-17-9-5-4-6-10-17/h4-12,16H,3,13-15H2,1-2H3,(H2,26,27,30,31)/t16-/m1/s1. The molecule has 3 heterocycles. The van der Waals surface area contributed by atoms with E-state index >= 15 is 0 Å². The second-order valence-corrected chi connectivity index (χ2v) is 8.40. The summed E-state index contributed by atoms with van der Waals surface area (Å²) in [5.41, 5.74) is 4.70. The van der Waals surface area contributed by atoms with Crippen LogP contribution in [0.1, 0.15) is 18.2 Å². The summed E-state index contributed by atoms with van der Waals surface area (Å²) in [6, 6.07) is 17.7. The smallest absolute Gasteiger partial charge is 0.275 e. The lowest BCUT2D eigenvalue weighted by molar-refractivity contribution is -0.123. The number of nitrogens with one attached hydrogen (secondary N) is 2. The molecular weight excluding hydrogens is 388 g/mol. The molecule has 2 amide bonds. The maximum absolute atomic E-state index is 13.0. The topological polar surface area (TPSA) is 66.4 Å². The average molecular weight is 415 g/mol. The van der Waals surface area contributed by atoms with Gasteiger partial charge in [0.1, 0.15) is 5.70 Å². The predicted octanol–water partition coefficient (Wildman–Crippen LogP) is 3.24. The van der Waals surface area contributed by atoms with Gasteiger partial charge in [0, 0.05) is 40.9 Å². The highest BCUT2D eigenvalue weighted by Gasteiger charge is 2.37. The minimum atomic E-state index is -0.381. The number of rotatable bonds is 6. The number of benzene rings is 2. The van der Waals surface area contributed by atoms with Crippen LogP contribution in [0, 0.1) is 5.92 Å². The third kappa shape index (κ3) is 3.33. The SMILES string of the molecule is CCN(C)C[C@H]1Cc2c(C3=C(Nc4ccccc4)C(=O)NC3=O)c3ccccc3n2C1. The predicted molar refractivity (Wildman–Crippen MR) is 122 cm³/mol. The largest absolute Gasteiger partial charge is 0.350 e. The van der Waals surface area contributed by atoms with Crippen LogP contribution in [0.15, 0.2) is 60.3 Å². The minimum absolute atomic E-state index is 0.324. The molecule has 0 aliphatic carbocycles. The van der Waals surface area contributed by atoms with Gasteiger partial charge in [0.05, 0.1) is 5.57 Å². The van der Waals surface area contributed by atoms with Gasteiger partial charge in [-0.25, -0.2) is 0 Å². The van der Waals surface area contributed by atoms with Crippen molar-refractivity contribution in [3.05, 3.63) is 71.6 Å². The van der Waals surface area contributed by atoms with Crippen molar-refractivity contribution in [3.8, 4) is 0 Å². The van der Waals surface area contributed by atoms with Crippen LogP contribution in [0.5, 0.6) is 0 Å². The highest BCUT2D eigenvalue weighted by Crippen LogP contribution is 2.40. The van der Waals surface area contributed by atoms with Gasteiger partial charge in [0.2, 0.25) is 0 Å². The number of carbonyl (C=O) groups excluding carboxylic acids is 2. The summed E-state index contributed by atoms with van der Waals surface area (Å²) in [5.74, 6) is -0.237. The lowest BCUT2D eigenvalue weighted by atomic mass is 9.96. The molecule has 0 bridgehead atoms. The molecule has 1 atom stereocenters. The van der Waals surface area contributed by atoms with Gasteiger partial charge < -0.3 is 14.8 Å². The Morgan fingerprint density at radius 3 is 2.58 bits per heavy atom. The second kappa shape index (κ2) is 7.71. The van der Waals surface area contributed by atoms with Crippen molar-refractivity contribution in [3.63, 3.8) is 0 Å². The molecule has 0 saturated heterocycles. The molecule has 0 unspecified atom stereocenters. The molecule has 2 aromatic carbocycles. The van der Waals surface area contributed by atoms with Gasteiger partial charge in [-0.3, -0.25) is 14.9 Å². The van der Waals surface area contributed by atoms with Crippen LogP contribution < -0.4 is 10.6 Å². The summed E-state index contributed by atoms with van der Waals surface area (Å²) in [6.45, 7) is 5.10. The van der Waals surface area contributed by atoms with Crippen molar-refractivity contribution in [1.29, 1.82) is 0 Å². The molecule has 158 valence electrons. The Labute approximate surface area is 181 Å². The molecule has 2 aliphatic heterocycles. The maximum atomic E-state index is 13.0. The van der Waals surface area contributed by atoms with Crippen molar-refractivity contribution >= 4 is 34.0 Å². The number of aromatic nitrogens is 1. The van der Waals surface area contributed by atoms with Gasteiger partial charge >= 0.3 is 0 Å². The van der Waals surface area contributed by atoms with Crippen LogP contribution in [-0.2, 0) is 22.6 Å². The second-order valence-electron chi connectivity index (χ2n) is 8.40. The average Bonchev–Trinajstić information content (AvgIpc) is 3.39. The number of fused-ring (bicyclic) bond motifs is 3. The Balaban J connectivity index is 1.65. The molecule has 0 saturated carbocycles. The summed E-state index contributed by atoms with van der Waals surface area (Å²) < 4.78 is 2.34. The van der Waals surface area contributed by atoms with E-state index in [-0.39, 0.29) is 11.8 Å². The third-order valence-electron chi connectivity index (χ3n) is 6.34. The van der Waals surface area contributed by atoms with Crippen LogP contribution in [0.2, 0.25) is 0 Å². The van der Waals surface area contributed by atoms with E-state index in [0.717, 1.165) is 53.9 Å². The number of para-hydroxylation sites is 2. The fourth-order valence-corrected chi connectivity index (χ4v) is 4.82. The van der Waals surface area contributed by atoms with Gasteiger partial charge in [0.15, 0.2) is 0 Å². The van der Waals surface area contributed by atoms with E-state index in [2.05, 4.69) is 40.1 Å². The van der Waals surface area contributed by atoms with Gasteiger partial charge in [-0.05, 0) is 44.1 Å². The molecule has 3 aromatic rings. The molecule has 5 rings (SSSR count). The zero-order valence-corrected chi connectivity index (χ0v) is 17.8. The monoisotopic (exact) mass is 414 g/mol. The Bertz CT molecular complexity index is 1210. The van der Waals surface area contributed by atoms with E-state index in [4.69, 9.17) is 0 Å². The van der Waals surface area contributed by atoms with E-state index in [1.54, 1.807) is 0 Å². The molecular formula is C25H26N4O2. The van der Waals surface area contributed by atoms with Gasteiger partial charge in [-0.15, -0.1) is 0 Å². The minimum Gasteiger partial charge on any atom is -0.350 e. The fraction of sp³-hybridized carbons (Fsp3) is 0.280. The van der Waals surface area contributed by atoms with Crippen LogP contribution in [0.25, 0.3) is 16.5 Å². The molecule has 1 aromatic heterocycles. The summed E-state index contributed by atoms with van der Waals surface area (Å²) in [4.78, 5) is 28.0. The highest BCUT2D eigenvalue weighted by molar-refractivity contribution is 6.38. The first kappa shape index (κ1) is 19.6. The Morgan fingerprint density at radius 2 is 1.81 bits per heavy atom. The quantitative estimate of drug-likeness (QED) is 0.608. The van der Waals surface area contributed by atoms with Crippen molar-refractivity contribution < 1.29 is 9.59 Å². The summed E-state index contributed by atoms with van der Waals surface area (Å²) in [5, 5.41) is 6.72. The molecule has 31 heavy (non-hydrogen) atoms. The Hall–Kier alpha value is -3.38. The van der Waals surface area contributed by atoms with Gasteiger partial charge in [0.25, 0.3) is 11.8 Å². The van der Waals surface area contributed by atoms with Crippen LogP contribution in [0.4, 0.5) is 5.69 Å². The van der Waals surface area contributed by atoms with Crippen LogP contribution >= 0.6 is 0 Å². The first-order chi connectivity index (χ1) is 15.1. The van der Waals surface area contributed by atoms with E-state index in [0.29, 0.717) is 17.2 Å². The molecule has 6 heteroatoms. The van der Waals surface area contributed by atoms with E-state index in [9.17, 15) is 9.59 Å². The number of amides is 2. The molecule has 0 fully saturated rings. The zero-order valence-electron chi connectivity index (χ0n) is 17.8. The number of nitrogens with zero attached hydrogens (tertiary/aromatic N) is 2. The van der Waals surface area contributed by atoms with Gasteiger partial charge in [-0.2, -0.15) is 0 Å². The van der Waals surface area contributed by atoms with Gasteiger partial charge in [-0.1, -0.05) is 43.3 Å². The van der Waals surface area contributed by atoms with Crippen LogP contribution in [-0.4, -0.2) is 41.4 Å². The summed E-state index contributed by atoms with van der Waals surface area (Å²) >= 11 is 0. The lowest BCUT2D eigenvalue weighted by Gasteiger charge is -2.18. The zero-order chi connectivity index (χ0) is 21.5. The van der Waals surface area contributed by atoms with Crippen molar-refractivity contribution in [2.24, 2.45) is 5.92 Å². The number of hydrogen-bond donors (Lipinski definition) is 2. The lowest BCUT2D eigenvalue weighted by Crippen LogP contribution is -2.26. The highest BCUT2D eigenvalue weighted by atomic mass is 16.2. The molecule has 2 N–H and O–H groups in total. The number of imide groups is 1. The van der Waals surface area contributed by atoms with Crippen molar-refractivity contribution in [1.82, 2.24) is 14.8 Å². The normalized spacial score (nSPS) is 18.2. The third-order valence-corrected chi connectivity index (χ3v) is 6.34. The van der Waals surface area contributed by atoms with Crippen molar-refractivity contribution in [2.45, 2.75) is 19.9 Å². The van der Waals surface area contributed by atoms with Crippen LogP contribution in [0.3, 0.4) is 0 Å². The molecule has 0 radical (unpaired) electrons. The molecule has 2 aliphatic rings. The Kier molecular flexibility index (Phi) is 4.87.